The number of benzene rings is 1. The zero-order valence-corrected chi connectivity index (χ0v) is 11.0. The third-order valence-electron chi connectivity index (χ3n) is 2.12. The van der Waals surface area contributed by atoms with Crippen LogP contribution in [0.15, 0.2) is 35.2 Å². The third kappa shape index (κ3) is 2.76. The van der Waals surface area contributed by atoms with Crippen LogP contribution in [0.5, 0.6) is 17.4 Å². The maximum atomic E-state index is 8.80. The first kappa shape index (κ1) is 12.3. The van der Waals surface area contributed by atoms with Gasteiger partial charge in [0.25, 0.3) is 0 Å². The molecule has 0 atom stereocenters. The Balaban J connectivity index is 2.32. The number of methoxy groups -OCH3 is 1. The molecule has 1 heterocycles. The lowest BCUT2D eigenvalue weighted by Gasteiger charge is -2.09. The van der Waals surface area contributed by atoms with Gasteiger partial charge in [-0.1, -0.05) is 0 Å². The van der Waals surface area contributed by atoms with Gasteiger partial charge in [-0.25, -0.2) is 9.97 Å². The van der Waals surface area contributed by atoms with E-state index in [-0.39, 0.29) is 0 Å². The smallest absolute Gasteiger partial charge is 0.223 e. The van der Waals surface area contributed by atoms with Gasteiger partial charge >= 0.3 is 0 Å². The molecule has 0 aliphatic carbocycles. The number of hydrogen-bond donors (Lipinski definition) is 0. The highest BCUT2D eigenvalue weighted by molar-refractivity contribution is 9.10. The van der Waals surface area contributed by atoms with Crippen LogP contribution in [0.25, 0.3) is 0 Å². The molecular formula is C12H8BrN3O2. The van der Waals surface area contributed by atoms with Crippen LogP contribution >= 0.6 is 15.9 Å². The van der Waals surface area contributed by atoms with E-state index in [4.69, 9.17) is 14.7 Å². The van der Waals surface area contributed by atoms with Gasteiger partial charge in [-0.3, -0.25) is 0 Å². The number of rotatable bonds is 3. The molecule has 0 aliphatic rings. The van der Waals surface area contributed by atoms with Gasteiger partial charge in [-0.2, -0.15) is 5.26 Å². The van der Waals surface area contributed by atoms with E-state index < -0.39 is 0 Å². The average molecular weight is 306 g/mol. The van der Waals surface area contributed by atoms with Crippen LogP contribution in [0.4, 0.5) is 0 Å². The predicted molar refractivity (Wildman–Crippen MR) is 67.5 cm³/mol. The van der Waals surface area contributed by atoms with Gasteiger partial charge < -0.3 is 9.47 Å². The van der Waals surface area contributed by atoms with Crippen molar-refractivity contribution in [2.24, 2.45) is 0 Å². The first-order valence-corrected chi connectivity index (χ1v) is 5.76. The summed E-state index contributed by atoms with van der Waals surface area (Å²) in [5.74, 6) is 1.35. The van der Waals surface area contributed by atoms with Crippen molar-refractivity contribution in [1.29, 1.82) is 5.26 Å². The highest BCUT2D eigenvalue weighted by Crippen LogP contribution is 2.31. The average Bonchev–Trinajstić information content (AvgIpc) is 2.39. The summed E-state index contributed by atoms with van der Waals surface area (Å²) < 4.78 is 11.3. The number of ether oxygens (including phenoxy) is 2. The minimum absolute atomic E-state index is 0.389. The molecule has 0 saturated carbocycles. The predicted octanol–water partition coefficient (Wildman–Crippen LogP) is 2.91. The Hall–Kier alpha value is -2.13. The second-order valence-electron chi connectivity index (χ2n) is 3.26. The lowest BCUT2D eigenvalue weighted by Crippen LogP contribution is -1.93. The van der Waals surface area contributed by atoms with E-state index in [1.807, 2.05) is 6.07 Å². The molecule has 18 heavy (non-hydrogen) atoms. The molecule has 0 spiro atoms. The summed E-state index contributed by atoms with van der Waals surface area (Å²) in [5, 5.41) is 8.80. The van der Waals surface area contributed by atoms with Gasteiger partial charge in [0.2, 0.25) is 5.88 Å². The van der Waals surface area contributed by atoms with Gasteiger partial charge in [-0.15, -0.1) is 0 Å². The van der Waals surface area contributed by atoms with Crippen LogP contribution in [-0.4, -0.2) is 17.1 Å². The Morgan fingerprint density at radius 3 is 2.72 bits per heavy atom. The van der Waals surface area contributed by atoms with Crippen molar-refractivity contribution < 1.29 is 9.47 Å². The quantitative estimate of drug-likeness (QED) is 0.816. The van der Waals surface area contributed by atoms with E-state index in [1.54, 1.807) is 24.3 Å². The molecule has 0 saturated heterocycles. The van der Waals surface area contributed by atoms with Crippen LogP contribution in [0.1, 0.15) is 5.56 Å². The van der Waals surface area contributed by atoms with Crippen molar-refractivity contribution in [2.45, 2.75) is 0 Å². The summed E-state index contributed by atoms with van der Waals surface area (Å²) in [7, 11) is 1.51. The lowest BCUT2D eigenvalue weighted by molar-refractivity contribution is 0.373. The normalized spacial score (nSPS) is 9.61. The Morgan fingerprint density at radius 1 is 1.22 bits per heavy atom. The Labute approximate surface area is 112 Å². The van der Waals surface area contributed by atoms with Crippen molar-refractivity contribution in [3.63, 3.8) is 0 Å². The fraction of sp³-hybridized carbons (Fsp3) is 0.0833. The molecule has 1 aromatic heterocycles. The van der Waals surface area contributed by atoms with Crippen molar-refractivity contribution >= 4 is 15.9 Å². The van der Waals surface area contributed by atoms with Gasteiger partial charge in [0.05, 0.1) is 18.7 Å². The highest BCUT2D eigenvalue weighted by atomic mass is 79.9. The molecule has 0 aliphatic heterocycles. The standard InChI is InChI=1S/C12H8BrN3O2/c1-17-10-4-8(6-14)2-3-9(10)18-12-5-11(13)15-7-16-12/h2-5,7H,1H3. The summed E-state index contributed by atoms with van der Waals surface area (Å²) in [6.07, 6.45) is 1.38. The molecular weight excluding hydrogens is 298 g/mol. The summed E-state index contributed by atoms with van der Waals surface area (Å²) in [6.45, 7) is 0. The van der Waals surface area contributed by atoms with Crippen molar-refractivity contribution in [2.75, 3.05) is 7.11 Å². The van der Waals surface area contributed by atoms with Gasteiger partial charge in [0, 0.05) is 12.1 Å². The second kappa shape index (κ2) is 5.47. The topological polar surface area (TPSA) is 68.0 Å². The van der Waals surface area contributed by atoms with E-state index in [0.717, 1.165) is 0 Å². The number of nitrogens with zero attached hydrogens (tertiary/aromatic N) is 3. The van der Waals surface area contributed by atoms with Gasteiger partial charge in [0.1, 0.15) is 10.9 Å². The van der Waals surface area contributed by atoms with Gasteiger partial charge in [-0.05, 0) is 28.1 Å². The first-order valence-electron chi connectivity index (χ1n) is 4.96. The van der Waals surface area contributed by atoms with Crippen LogP contribution < -0.4 is 9.47 Å². The number of aromatic nitrogens is 2. The summed E-state index contributed by atoms with van der Waals surface area (Å²) in [6, 6.07) is 8.58. The fourth-order valence-corrected chi connectivity index (χ4v) is 1.59. The molecule has 5 nitrogen and oxygen atoms in total. The number of nitriles is 1. The van der Waals surface area contributed by atoms with Crippen LogP contribution in [0.3, 0.4) is 0 Å². The Morgan fingerprint density at radius 2 is 2.06 bits per heavy atom. The summed E-state index contributed by atoms with van der Waals surface area (Å²) in [5.41, 5.74) is 0.503. The molecule has 1 aromatic carbocycles. The summed E-state index contributed by atoms with van der Waals surface area (Å²) in [4.78, 5) is 7.87. The van der Waals surface area contributed by atoms with E-state index in [9.17, 15) is 0 Å². The zero-order valence-electron chi connectivity index (χ0n) is 9.42. The third-order valence-corrected chi connectivity index (χ3v) is 2.55. The number of halogens is 1. The largest absolute Gasteiger partial charge is 0.493 e. The van der Waals surface area contributed by atoms with E-state index in [2.05, 4.69) is 25.9 Å². The molecule has 2 aromatic rings. The summed E-state index contributed by atoms with van der Waals surface area (Å²) >= 11 is 3.23. The van der Waals surface area contributed by atoms with Crippen LogP contribution in [-0.2, 0) is 0 Å². The molecule has 2 rings (SSSR count). The Bertz CT molecular complexity index is 611. The molecule has 6 heteroatoms. The van der Waals surface area contributed by atoms with Crippen molar-refractivity contribution in [3.8, 4) is 23.4 Å². The van der Waals surface area contributed by atoms with E-state index in [1.165, 1.54) is 13.4 Å². The molecule has 90 valence electrons. The number of hydrogen-bond acceptors (Lipinski definition) is 5. The highest BCUT2D eigenvalue weighted by Gasteiger charge is 2.08. The lowest BCUT2D eigenvalue weighted by atomic mass is 10.2. The monoisotopic (exact) mass is 305 g/mol. The Kier molecular flexibility index (Phi) is 3.75. The minimum atomic E-state index is 0.389. The molecule has 0 amide bonds. The maximum absolute atomic E-state index is 8.80. The van der Waals surface area contributed by atoms with Crippen molar-refractivity contribution in [1.82, 2.24) is 9.97 Å². The van der Waals surface area contributed by atoms with Crippen molar-refractivity contribution in [3.05, 3.63) is 40.8 Å². The molecule has 0 fully saturated rings. The molecule has 0 bridgehead atoms. The second-order valence-corrected chi connectivity index (χ2v) is 4.07. The maximum Gasteiger partial charge on any atom is 0.223 e. The molecule has 0 unspecified atom stereocenters. The fourth-order valence-electron chi connectivity index (χ4n) is 1.31. The van der Waals surface area contributed by atoms with E-state index >= 15 is 0 Å². The zero-order chi connectivity index (χ0) is 13.0. The van der Waals surface area contributed by atoms with Crippen LogP contribution in [0.2, 0.25) is 0 Å². The minimum Gasteiger partial charge on any atom is -0.493 e. The molecule has 0 radical (unpaired) electrons. The van der Waals surface area contributed by atoms with E-state index in [0.29, 0.717) is 27.5 Å². The molecule has 0 N–H and O–H groups in total. The SMILES string of the molecule is COc1cc(C#N)ccc1Oc1cc(Br)ncn1. The first-order chi connectivity index (χ1) is 8.72. The van der Waals surface area contributed by atoms with Gasteiger partial charge in [0.15, 0.2) is 11.5 Å². The van der Waals surface area contributed by atoms with Crippen LogP contribution in [0, 0.1) is 11.3 Å².